The Morgan fingerprint density at radius 2 is 1.96 bits per heavy atom. The van der Waals surface area contributed by atoms with E-state index in [-0.39, 0.29) is 0 Å². The lowest BCUT2D eigenvalue weighted by Crippen LogP contribution is -2.03. The van der Waals surface area contributed by atoms with Gasteiger partial charge in [0.15, 0.2) is 0 Å². The number of aromatic amines is 1. The van der Waals surface area contributed by atoms with Gasteiger partial charge in [-0.1, -0.05) is 6.92 Å². The van der Waals surface area contributed by atoms with E-state index in [0.717, 1.165) is 51.5 Å². The summed E-state index contributed by atoms with van der Waals surface area (Å²) < 4.78 is 0. The molecular weight excluding hydrogens is 324 g/mol. The maximum absolute atomic E-state index is 4.71. The molecule has 0 fully saturated rings. The average molecular weight is 344 g/mol. The minimum absolute atomic E-state index is 0.685. The highest BCUT2D eigenvalue weighted by Gasteiger charge is 2.14. The lowest BCUT2D eigenvalue weighted by molar-refractivity contribution is 0.996. The van der Waals surface area contributed by atoms with E-state index in [1.165, 1.54) is 0 Å². The van der Waals surface area contributed by atoms with Crippen LogP contribution >= 0.6 is 0 Å². The number of aryl methyl sites for hydroxylation is 2. The van der Waals surface area contributed by atoms with Crippen molar-refractivity contribution in [2.24, 2.45) is 0 Å². The molecule has 130 valence electrons. The zero-order chi connectivity index (χ0) is 17.9. The minimum atomic E-state index is 0.685. The number of nitrogens with one attached hydrogen (secondary N) is 2. The Morgan fingerprint density at radius 3 is 2.77 bits per heavy atom. The molecule has 0 aliphatic heterocycles. The zero-order valence-electron chi connectivity index (χ0n) is 14.8. The predicted molar refractivity (Wildman–Crippen MR) is 103 cm³/mol. The van der Waals surface area contributed by atoms with Crippen molar-refractivity contribution in [3.63, 3.8) is 0 Å². The van der Waals surface area contributed by atoms with Gasteiger partial charge in [0, 0.05) is 42.3 Å². The molecule has 0 aliphatic rings. The van der Waals surface area contributed by atoms with Gasteiger partial charge in [-0.3, -0.25) is 4.98 Å². The molecule has 6 nitrogen and oxygen atoms in total. The molecule has 4 aromatic heterocycles. The lowest BCUT2D eigenvalue weighted by Gasteiger charge is -2.12. The van der Waals surface area contributed by atoms with E-state index < -0.39 is 0 Å². The third kappa shape index (κ3) is 3.13. The monoisotopic (exact) mass is 344 g/mol. The largest absolute Gasteiger partial charge is 0.366 e. The standard InChI is InChI=1S/C20H20N6/c1-3-15-12-23-13(2)25-19(15)17-10-18(26-20-16(17)6-9-22-20)24-11-14-4-7-21-8-5-14/h4-10,12H,3,11H2,1-2H3,(H2,22,24,26). The van der Waals surface area contributed by atoms with Gasteiger partial charge >= 0.3 is 0 Å². The number of hydrogen-bond donors (Lipinski definition) is 2. The van der Waals surface area contributed by atoms with Gasteiger partial charge in [-0.05, 0) is 48.7 Å². The SMILES string of the molecule is CCc1cnc(C)nc1-c1cc(NCc2ccncc2)nc2[nH]ccc12. The minimum Gasteiger partial charge on any atom is -0.366 e. The summed E-state index contributed by atoms with van der Waals surface area (Å²) >= 11 is 0. The molecular formula is C20H20N6. The van der Waals surface area contributed by atoms with Crippen molar-refractivity contribution in [2.45, 2.75) is 26.8 Å². The van der Waals surface area contributed by atoms with Crippen LogP contribution in [0.15, 0.2) is 49.1 Å². The van der Waals surface area contributed by atoms with Crippen molar-refractivity contribution in [1.29, 1.82) is 0 Å². The number of anilines is 1. The van der Waals surface area contributed by atoms with Crippen molar-refractivity contribution >= 4 is 16.9 Å². The van der Waals surface area contributed by atoms with Crippen molar-refractivity contribution in [2.75, 3.05) is 5.32 Å². The first-order valence-electron chi connectivity index (χ1n) is 8.68. The first kappa shape index (κ1) is 16.2. The second kappa shape index (κ2) is 6.92. The second-order valence-corrected chi connectivity index (χ2v) is 6.15. The molecule has 4 aromatic rings. The number of fused-ring (bicyclic) bond motifs is 1. The Hall–Kier alpha value is -3.28. The summed E-state index contributed by atoms with van der Waals surface area (Å²) in [5.74, 6) is 1.58. The van der Waals surface area contributed by atoms with E-state index >= 15 is 0 Å². The van der Waals surface area contributed by atoms with E-state index in [4.69, 9.17) is 4.98 Å². The molecule has 0 saturated carbocycles. The average Bonchev–Trinajstić information content (AvgIpc) is 3.15. The predicted octanol–water partition coefficient (Wildman–Crippen LogP) is 3.90. The highest BCUT2D eigenvalue weighted by atomic mass is 15.0. The maximum atomic E-state index is 4.71. The number of aromatic nitrogens is 5. The van der Waals surface area contributed by atoms with E-state index in [1.807, 2.05) is 37.5 Å². The van der Waals surface area contributed by atoms with Gasteiger partial charge in [-0.15, -0.1) is 0 Å². The number of hydrogen-bond acceptors (Lipinski definition) is 5. The van der Waals surface area contributed by atoms with Crippen LogP contribution in [0, 0.1) is 6.92 Å². The van der Waals surface area contributed by atoms with Crippen LogP contribution in [-0.4, -0.2) is 24.9 Å². The van der Waals surface area contributed by atoms with Gasteiger partial charge in [0.25, 0.3) is 0 Å². The molecule has 0 aliphatic carbocycles. The highest BCUT2D eigenvalue weighted by Crippen LogP contribution is 2.31. The van der Waals surface area contributed by atoms with Crippen LogP contribution in [0.25, 0.3) is 22.3 Å². The quantitative estimate of drug-likeness (QED) is 0.574. The van der Waals surface area contributed by atoms with E-state index in [2.05, 4.69) is 38.2 Å². The summed E-state index contributed by atoms with van der Waals surface area (Å²) in [4.78, 5) is 21.0. The highest BCUT2D eigenvalue weighted by molar-refractivity contribution is 5.94. The third-order valence-electron chi connectivity index (χ3n) is 4.37. The third-order valence-corrected chi connectivity index (χ3v) is 4.37. The molecule has 0 atom stereocenters. The molecule has 4 heterocycles. The first-order valence-corrected chi connectivity index (χ1v) is 8.68. The molecule has 0 saturated heterocycles. The number of pyridine rings is 2. The molecule has 2 N–H and O–H groups in total. The summed E-state index contributed by atoms with van der Waals surface area (Å²) in [5.41, 5.74) is 5.17. The first-order chi connectivity index (χ1) is 12.7. The van der Waals surface area contributed by atoms with Gasteiger partial charge < -0.3 is 10.3 Å². The van der Waals surface area contributed by atoms with Crippen LogP contribution in [0.5, 0.6) is 0 Å². The molecule has 0 amide bonds. The van der Waals surface area contributed by atoms with Crippen LogP contribution < -0.4 is 5.32 Å². The molecule has 4 rings (SSSR count). The van der Waals surface area contributed by atoms with Gasteiger partial charge in [0.2, 0.25) is 0 Å². The van der Waals surface area contributed by atoms with Crippen molar-refractivity contribution in [1.82, 2.24) is 24.9 Å². The Labute approximate surface area is 151 Å². The smallest absolute Gasteiger partial charge is 0.140 e. The van der Waals surface area contributed by atoms with Crippen molar-refractivity contribution in [3.8, 4) is 11.3 Å². The molecule has 0 spiro atoms. The van der Waals surface area contributed by atoms with Gasteiger partial charge in [0.1, 0.15) is 17.3 Å². The summed E-state index contributed by atoms with van der Waals surface area (Å²) in [6.45, 7) is 4.72. The van der Waals surface area contributed by atoms with E-state index in [1.54, 1.807) is 12.4 Å². The number of rotatable bonds is 5. The lowest BCUT2D eigenvalue weighted by atomic mass is 10.0. The fourth-order valence-electron chi connectivity index (χ4n) is 3.00. The van der Waals surface area contributed by atoms with E-state index in [9.17, 15) is 0 Å². The van der Waals surface area contributed by atoms with Crippen molar-refractivity contribution in [3.05, 3.63) is 66.0 Å². The molecule has 0 bridgehead atoms. The molecule has 0 radical (unpaired) electrons. The van der Waals surface area contributed by atoms with Gasteiger partial charge in [-0.2, -0.15) is 0 Å². The molecule has 0 aromatic carbocycles. The molecule has 0 unspecified atom stereocenters. The van der Waals surface area contributed by atoms with Crippen LogP contribution in [0.3, 0.4) is 0 Å². The summed E-state index contributed by atoms with van der Waals surface area (Å²) in [6.07, 6.45) is 8.29. The molecule has 26 heavy (non-hydrogen) atoms. The Kier molecular flexibility index (Phi) is 4.31. The van der Waals surface area contributed by atoms with Gasteiger partial charge in [-0.25, -0.2) is 15.0 Å². The van der Waals surface area contributed by atoms with Crippen LogP contribution in [0.2, 0.25) is 0 Å². The normalized spacial score (nSPS) is 11.0. The number of nitrogens with zero attached hydrogens (tertiary/aromatic N) is 4. The summed E-state index contributed by atoms with van der Waals surface area (Å²) in [5, 5.41) is 4.47. The van der Waals surface area contributed by atoms with Crippen molar-refractivity contribution < 1.29 is 0 Å². The van der Waals surface area contributed by atoms with Gasteiger partial charge in [0.05, 0.1) is 5.69 Å². The summed E-state index contributed by atoms with van der Waals surface area (Å²) in [7, 11) is 0. The number of H-pyrrole nitrogens is 1. The van der Waals surface area contributed by atoms with Crippen LogP contribution in [0.1, 0.15) is 23.9 Å². The van der Waals surface area contributed by atoms with E-state index in [0.29, 0.717) is 6.54 Å². The second-order valence-electron chi connectivity index (χ2n) is 6.15. The fourth-order valence-corrected chi connectivity index (χ4v) is 3.00. The Balaban J connectivity index is 1.77. The topological polar surface area (TPSA) is 79.4 Å². The summed E-state index contributed by atoms with van der Waals surface area (Å²) in [6, 6.07) is 8.09. The molecule has 6 heteroatoms. The Morgan fingerprint density at radius 1 is 1.12 bits per heavy atom. The zero-order valence-corrected chi connectivity index (χ0v) is 14.8. The maximum Gasteiger partial charge on any atom is 0.140 e. The fraction of sp³-hybridized carbons (Fsp3) is 0.200. The van der Waals surface area contributed by atoms with Crippen LogP contribution in [-0.2, 0) is 13.0 Å². The Bertz CT molecular complexity index is 1040. The van der Waals surface area contributed by atoms with Crippen LogP contribution in [0.4, 0.5) is 5.82 Å².